The minimum Gasteiger partial charge on any atom is -0.351 e. The molecular weight excluding hydrogens is 388 g/mol. The van der Waals surface area contributed by atoms with Crippen molar-refractivity contribution in [1.82, 2.24) is 19.7 Å². The Hall–Kier alpha value is -3.05. The lowest BCUT2D eigenvalue weighted by molar-refractivity contribution is 0.0655. The van der Waals surface area contributed by atoms with Gasteiger partial charge in [-0.05, 0) is 25.1 Å². The predicted octanol–water partition coefficient (Wildman–Crippen LogP) is 0.0133. The van der Waals surface area contributed by atoms with Gasteiger partial charge in [-0.2, -0.15) is 4.31 Å². The van der Waals surface area contributed by atoms with Crippen LogP contribution in [0, 0.1) is 6.92 Å². The largest absolute Gasteiger partial charge is 0.351 e. The Morgan fingerprint density at radius 3 is 2.39 bits per heavy atom. The molecule has 0 unspecified atom stereocenters. The first kappa shape index (κ1) is 18.3. The Morgan fingerprint density at radius 1 is 1.07 bits per heavy atom. The average Bonchev–Trinajstić information content (AvgIpc) is 3.24. The van der Waals surface area contributed by atoms with Crippen molar-refractivity contribution in [2.75, 3.05) is 26.2 Å². The Balaban J connectivity index is 1.50. The van der Waals surface area contributed by atoms with Crippen molar-refractivity contribution in [3.63, 3.8) is 0 Å². The van der Waals surface area contributed by atoms with Crippen molar-refractivity contribution in [3.8, 4) is 0 Å². The van der Waals surface area contributed by atoms with Crippen LogP contribution in [0.1, 0.15) is 37.0 Å². The molecule has 4 rings (SSSR count). The van der Waals surface area contributed by atoms with E-state index in [1.54, 1.807) is 6.92 Å². The summed E-state index contributed by atoms with van der Waals surface area (Å²) in [5.41, 5.74) is 0.783. The van der Waals surface area contributed by atoms with Crippen LogP contribution in [0.15, 0.2) is 33.7 Å². The summed E-state index contributed by atoms with van der Waals surface area (Å²) in [6.45, 7) is 2.30. The molecule has 28 heavy (non-hydrogen) atoms. The van der Waals surface area contributed by atoms with Crippen molar-refractivity contribution in [1.29, 1.82) is 0 Å². The van der Waals surface area contributed by atoms with Gasteiger partial charge in [0.2, 0.25) is 15.8 Å². The van der Waals surface area contributed by atoms with Crippen LogP contribution in [0.5, 0.6) is 0 Å². The van der Waals surface area contributed by atoms with E-state index in [1.165, 1.54) is 33.5 Å². The van der Waals surface area contributed by atoms with E-state index in [4.69, 9.17) is 4.52 Å². The standard InChI is InChI=1S/C17H16N4O6S/c1-10-8-14(27-19-10)17(24)20-4-6-21(7-5-20)28(25,26)11-2-3-12-13(9-11)16(23)18-15(12)22/h2-3,8-9H,4-7H2,1H3,(H,18,22,23). The Kier molecular flexibility index (Phi) is 4.27. The number of amides is 3. The second-order valence-corrected chi connectivity index (χ2v) is 8.46. The molecule has 10 nitrogen and oxygen atoms in total. The molecule has 1 aromatic heterocycles. The molecule has 3 heterocycles. The first-order chi connectivity index (χ1) is 13.3. The van der Waals surface area contributed by atoms with Gasteiger partial charge in [-0.15, -0.1) is 0 Å². The van der Waals surface area contributed by atoms with E-state index >= 15 is 0 Å². The minimum atomic E-state index is -3.87. The highest BCUT2D eigenvalue weighted by molar-refractivity contribution is 7.89. The van der Waals surface area contributed by atoms with Crippen LogP contribution >= 0.6 is 0 Å². The lowest BCUT2D eigenvalue weighted by Crippen LogP contribution is -2.50. The second-order valence-electron chi connectivity index (χ2n) is 6.52. The van der Waals surface area contributed by atoms with E-state index in [0.29, 0.717) is 5.69 Å². The number of sulfonamides is 1. The number of carbonyl (C=O) groups is 3. The fourth-order valence-corrected chi connectivity index (χ4v) is 4.66. The third-order valence-corrected chi connectivity index (χ3v) is 6.60. The maximum Gasteiger partial charge on any atom is 0.292 e. The number of hydrogen-bond acceptors (Lipinski definition) is 7. The normalized spacial score (nSPS) is 17.5. The van der Waals surface area contributed by atoms with Crippen LogP contribution < -0.4 is 5.32 Å². The molecule has 3 amide bonds. The van der Waals surface area contributed by atoms with Gasteiger partial charge in [-0.1, -0.05) is 5.16 Å². The summed E-state index contributed by atoms with van der Waals surface area (Å²) in [7, 11) is -3.87. The lowest BCUT2D eigenvalue weighted by atomic mass is 10.1. The molecule has 2 aliphatic rings. The van der Waals surface area contributed by atoms with Gasteiger partial charge in [0.05, 0.1) is 21.7 Å². The fourth-order valence-electron chi connectivity index (χ4n) is 3.21. The molecule has 0 atom stereocenters. The van der Waals surface area contributed by atoms with Crippen LogP contribution in [0.4, 0.5) is 0 Å². The highest BCUT2D eigenvalue weighted by Crippen LogP contribution is 2.24. The SMILES string of the molecule is Cc1cc(C(=O)N2CCN(S(=O)(=O)c3ccc4c(c3)C(=O)NC4=O)CC2)on1. The summed E-state index contributed by atoms with van der Waals surface area (Å²) in [6.07, 6.45) is 0. The highest BCUT2D eigenvalue weighted by atomic mass is 32.2. The van der Waals surface area contributed by atoms with Crippen molar-refractivity contribution < 1.29 is 27.3 Å². The average molecular weight is 404 g/mol. The zero-order valence-electron chi connectivity index (χ0n) is 14.8. The quantitative estimate of drug-likeness (QED) is 0.714. The van der Waals surface area contributed by atoms with Crippen molar-refractivity contribution in [2.24, 2.45) is 0 Å². The number of fused-ring (bicyclic) bond motifs is 1. The van der Waals surface area contributed by atoms with Crippen LogP contribution in [0.3, 0.4) is 0 Å². The summed E-state index contributed by atoms with van der Waals surface area (Å²) in [5.74, 6) is -1.39. The topological polar surface area (TPSA) is 130 Å². The zero-order valence-corrected chi connectivity index (χ0v) is 15.7. The van der Waals surface area contributed by atoms with Gasteiger partial charge in [0.1, 0.15) is 0 Å². The molecule has 0 saturated carbocycles. The van der Waals surface area contributed by atoms with Gasteiger partial charge in [0.25, 0.3) is 17.7 Å². The van der Waals surface area contributed by atoms with Crippen molar-refractivity contribution >= 4 is 27.7 Å². The summed E-state index contributed by atoms with van der Waals surface area (Å²) >= 11 is 0. The zero-order chi connectivity index (χ0) is 20.1. The molecule has 1 aromatic carbocycles. The summed E-state index contributed by atoms with van der Waals surface area (Å²) in [4.78, 5) is 37.2. The Labute approximate surface area is 160 Å². The van der Waals surface area contributed by atoms with E-state index in [2.05, 4.69) is 10.5 Å². The van der Waals surface area contributed by atoms with Crippen LogP contribution in [-0.2, 0) is 10.0 Å². The predicted molar refractivity (Wildman–Crippen MR) is 94.1 cm³/mol. The Bertz CT molecular complexity index is 1100. The number of hydrogen-bond donors (Lipinski definition) is 1. The van der Waals surface area contributed by atoms with E-state index in [-0.39, 0.29) is 53.9 Å². The first-order valence-electron chi connectivity index (χ1n) is 8.50. The molecule has 0 bridgehead atoms. The number of aromatic nitrogens is 1. The van der Waals surface area contributed by atoms with Crippen LogP contribution in [-0.4, -0.2) is 66.7 Å². The Morgan fingerprint density at radius 2 is 1.75 bits per heavy atom. The molecule has 0 spiro atoms. The smallest absolute Gasteiger partial charge is 0.292 e. The highest BCUT2D eigenvalue weighted by Gasteiger charge is 2.34. The maximum absolute atomic E-state index is 12.9. The van der Waals surface area contributed by atoms with Gasteiger partial charge in [0, 0.05) is 32.2 Å². The maximum atomic E-state index is 12.9. The number of benzene rings is 1. The lowest BCUT2D eigenvalue weighted by Gasteiger charge is -2.33. The third kappa shape index (κ3) is 2.98. The second kappa shape index (κ2) is 6.53. The van der Waals surface area contributed by atoms with Gasteiger partial charge in [0.15, 0.2) is 0 Å². The number of imide groups is 1. The molecule has 1 N–H and O–H groups in total. The number of rotatable bonds is 3. The number of nitrogens with zero attached hydrogens (tertiary/aromatic N) is 3. The van der Waals surface area contributed by atoms with Gasteiger partial charge >= 0.3 is 0 Å². The molecule has 2 aromatic rings. The molecule has 146 valence electrons. The fraction of sp³-hybridized carbons (Fsp3) is 0.294. The minimum absolute atomic E-state index is 0.0422. The number of piperazine rings is 1. The third-order valence-electron chi connectivity index (χ3n) is 4.71. The first-order valence-corrected chi connectivity index (χ1v) is 9.94. The van der Waals surface area contributed by atoms with Crippen molar-refractivity contribution in [2.45, 2.75) is 11.8 Å². The molecule has 1 fully saturated rings. The summed E-state index contributed by atoms with van der Waals surface area (Å²) < 4.78 is 32.0. The monoisotopic (exact) mass is 404 g/mol. The molecule has 0 radical (unpaired) electrons. The van der Waals surface area contributed by atoms with E-state index in [1.807, 2.05) is 0 Å². The summed E-state index contributed by atoms with van der Waals surface area (Å²) in [6, 6.07) is 5.37. The molecular formula is C17H16N4O6S. The van der Waals surface area contributed by atoms with Gasteiger partial charge in [-0.25, -0.2) is 8.42 Å². The molecule has 2 aliphatic heterocycles. The molecule has 11 heteroatoms. The van der Waals surface area contributed by atoms with Crippen LogP contribution in [0.2, 0.25) is 0 Å². The van der Waals surface area contributed by atoms with Gasteiger partial charge < -0.3 is 9.42 Å². The van der Waals surface area contributed by atoms with E-state index < -0.39 is 21.8 Å². The number of nitrogens with one attached hydrogen (secondary N) is 1. The number of carbonyl (C=O) groups excluding carboxylic acids is 3. The van der Waals surface area contributed by atoms with E-state index in [0.717, 1.165) is 0 Å². The van der Waals surface area contributed by atoms with Crippen molar-refractivity contribution in [3.05, 3.63) is 46.8 Å². The van der Waals surface area contributed by atoms with Crippen LogP contribution in [0.25, 0.3) is 0 Å². The summed E-state index contributed by atoms with van der Waals surface area (Å²) in [5, 5.41) is 5.81. The molecule has 0 aliphatic carbocycles. The van der Waals surface area contributed by atoms with E-state index in [9.17, 15) is 22.8 Å². The number of aryl methyl sites for hydroxylation is 1. The van der Waals surface area contributed by atoms with Gasteiger partial charge in [-0.3, -0.25) is 19.7 Å². The molecule has 1 saturated heterocycles.